The van der Waals surface area contributed by atoms with Crippen molar-refractivity contribution in [2.24, 2.45) is 0 Å². The molecule has 0 N–H and O–H groups in total. The minimum atomic E-state index is 1.14. The molecule has 0 aliphatic carbocycles. The van der Waals surface area contributed by atoms with Crippen LogP contribution in [-0.2, 0) is 25.9 Å². The minimum Gasteiger partial charge on any atom is -0.234 e. The van der Waals surface area contributed by atoms with E-state index in [1.54, 1.807) is 0 Å². The summed E-state index contributed by atoms with van der Waals surface area (Å²) in [5.74, 6) is 1.54. The molecule has 0 spiro atoms. The molecule has 25 heavy (non-hydrogen) atoms. The second kappa shape index (κ2) is 11.9. The largest absolute Gasteiger partial charge is 0.256 e. The van der Waals surface area contributed by atoms with Crippen LogP contribution in [0.1, 0.15) is 76.6 Å². The second-order valence-electron chi connectivity index (χ2n) is 7.21. The Morgan fingerprint density at radius 2 is 1.56 bits per heavy atom. The van der Waals surface area contributed by atoms with Gasteiger partial charge in [0.1, 0.15) is 12.4 Å². The summed E-state index contributed by atoms with van der Waals surface area (Å²) in [5.41, 5.74) is 1.45. The van der Waals surface area contributed by atoms with Crippen molar-refractivity contribution in [2.45, 2.75) is 91.1 Å². The summed E-state index contributed by atoms with van der Waals surface area (Å²) < 4.78 is 5.02. The van der Waals surface area contributed by atoms with E-state index in [2.05, 4.69) is 65.7 Å². The maximum Gasteiger partial charge on any atom is 0.256 e. The van der Waals surface area contributed by atoms with E-state index in [0.717, 1.165) is 6.54 Å². The summed E-state index contributed by atoms with van der Waals surface area (Å²) in [6, 6.07) is 10.9. The molecule has 1 aromatic carbocycles. The Kier molecular flexibility index (Phi) is 9.40. The van der Waals surface area contributed by atoms with Gasteiger partial charge in [-0.3, -0.25) is 0 Å². The fraction of sp³-hybridized carbons (Fsp3) is 0.609. The van der Waals surface area contributed by atoms with Crippen LogP contribution in [0.3, 0.4) is 0 Å². The van der Waals surface area contributed by atoms with Crippen molar-refractivity contribution in [3.8, 4) is 0 Å². The topological polar surface area (TPSA) is 8.81 Å². The average Bonchev–Trinajstić information content (AvgIpc) is 3.02. The lowest BCUT2D eigenvalue weighted by Gasteiger charge is -2.06. The van der Waals surface area contributed by atoms with Crippen LogP contribution < -0.4 is 4.57 Å². The van der Waals surface area contributed by atoms with Crippen molar-refractivity contribution in [1.82, 2.24) is 4.57 Å². The second-order valence-corrected chi connectivity index (χ2v) is 7.21. The van der Waals surface area contributed by atoms with E-state index < -0.39 is 0 Å². The Bertz CT molecular complexity index is 571. The van der Waals surface area contributed by atoms with Gasteiger partial charge in [0.25, 0.3) is 5.82 Å². The van der Waals surface area contributed by atoms with Crippen molar-refractivity contribution >= 4 is 0 Å². The molecule has 0 bridgehead atoms. The highest BCUT2D eigenvalue weighted by Crippen LogP contribution is 2.09. The van der Waals surface area contributed by atoms with Gasteiger partial charge in [-0.2, -0.15) is 0 Å². The van der Waals surface area contributed by atoms with Crippen LogP contribution in [0.5, 0.6) is 0 Å². The standard InChI is InChI=1S/C23H37N2/c1-3-5-7-8-12-17-23-24(18-6-4-2)20-21-25(23)19-13-16-22-14-10-9-11-15-22/h9-11,14-15,20-21H,3-8,12-13,16-19H2,1-2H3/q+1. The highest BCUT2D eigenvalue weighted by atomic mass is 15.1. The first-order valence-electron chi connectivity index (χ1n) is 10.5. The lowest BCUT2D eigenvalue weighted by Crippen LogP contribution is -2.37. The van der Waals surface area contributed by atoms with E-state index in [4.69, 9.17) is 0 Å². The van der Waals surface area contributed by atoms with E-state index in [1.165, 1.54) is 82.1 Å². The highest BCUT2D eigenvalue weighted by molar-refractivity contribution is 5.14. The van der Waals surface area contributed by atoms with Crippen LogP contribution in [0.2, 0.25) is 0 Å². The molecule has 2 aromatic rings. The third kappa shape index (κ3) is 7.05. The quantitative estimate of drug-likeness (QED) is 0.325. The first-order chi connectivity index (χ1) is 12.3. The van der Waals surface area contributed by atoms with Gasteiger partial charge in [-0.05, 0) is 31.2 Å². The van der Waals surface area contributed by atoms with Crippen LogP contribution in [0.15, 0.2) is 42.7 Å². The van der Waals surface area contributed by atoms with Crippen molar-refractivity contribution < 1.29 is 4.57 Å². The molecule has 0 aliphatic heterocycles. The number of aryl methyl sites for hydroxylation is 3. The molecule has 0 atom stereocenters. The number of aromatic nitrogens is 2. The molecule has 1 heterocycles. The maximum atomic E-state index is 2.51. The number of unbranched alkanes of at least 4 members (excludes halogenated alkanes) is 5. The molecule has 0 unspecified atom stereocenters. The zero-order valence-electron chi connectivity index (χ0n) is 16.4. The van der Waals surface area contributed by atoms with Crippen LogP contribution in [0.4, 0.5) is 0 Å². The van der Waals surface area contributed by atoms with Gasteiger partial charge in [0.15, 0.2) is 0 Å². The first kappa shape index (κ1) is 19.8. The fourth-order valence-corrected chi connectivity index (χ4v) is 3.51. The summed E-state index contributed by atoms with van der Waals surface area (Å²) in [7, 11) is 0. The molecule has 0 aliphatic rings. The third-order valence-corrected chi connectivity index (χ3v) is 5.05. The van der Waals surface area contributed by atoms with Gasteiger partial charge in [-0.1, -0.05) is 76.3 Å². The number of benzene rings is 1. The Morgan fingerprint density at radius 1 is 0.800 bits per heavy atom. The van der Waals surface area contributed by atoms with Gasteiger partial charge in [0.2, 0.25) is 0 Å². The van der Waals surface area contributed by atoms with E-state index in [0.29, 0.717) is 0 Å². The predicted octanol–water partition coefficient (Wildman–Crippen LogP) is 5.72. The number of rotatable bonds is 13. The molecular formula is C23H37N2+. The van der Waals surface area contributed by atoms with Crippen LogP contribution in [0, 0.1) is 0 Å². The van der Waals surface area contributed by atoms with Gasteiger partial charge >= 0.3 is 0 Å². The third-order valence-electron chi connectivity index (χ3n) is 5.05. The SMILES string of the molecule is CCCCCCCc1n(CCCC)cc[n+]1CCCc1ccccc1. The molecule has 1 aromatic heterocycles. The normalized spacial score (nSPS) is 11.1. The number of imidazole rings is 1. The van der Waals surface area contributed by atoms with E-state index in [-0.39, 0.29) is 0 Å². The van der Waals surface area contributed by atoms with Crippen molar-refractivity contribution in [3.05, 3.63) is 54.1 Å². The molecule has 0 fully saturated rings. The van der Waals surface area contributed by atoms with Crippen LogP contribution >= 0.6 is 0 Å². The van der Waals surface area contributed by atoms with E-state index in [9.17, 15) is 0 Å². The molecule has 0 radical (unpaired) electrons. The fourth-order valence-electron chi connectivity index (χ4n) is 3.51. The van der Waals surface area contributed by atoms with Crippen LogP contribution in [0.25, 0.3) is 0 Å². The van der Waals surface area contributed by atoms with Gasteiger partial charge in [-0.15, -0.1) is 0 Å². The van der Waals surface area contributed by atoms with E-state index >= 15 is 0 Å². The molecular weight excluding hydrogens is 304 g/mol. The Morgan fingerprint density at radius 3 is 2.32 bits per heavy atom. The average molecular weight is 342 g/mol. The first-order valence-corrected chi connectivity index (χ1v) is 10.5. The van der Waals surface area contributed by atoms with Crippen LogP contribution in [-0.4, -0.2) is 4.57 Å². The van der Waals surface area contributed by atoms with Gasteiger partial charge in [0.05, 0.1) is 13.1 Å². The molecule has 0 saturated heterocycles. The molecule has 0 amide bonds. The Labute approximate surface area is 154 Å². The Hall–Kier alpha value is -1.57. The predicted molar refractivity (Wildman–Crippen MR) is 107 cm³/mol. The molecule has 138 valence electrons. The zero-order valence-corrected chi connectivity index (χ0v) is 16.4. The lowest BCUT2D eigenvalue weighted by molar-refractivity contribution is -0.704. The summed E-state index contributed by atoms with van der Waals surface area (Å²) in [6.45, 7) is 6.88. The molecule has 2 rings (SSSR count). The zero-order chi connectivity index (χ0) is 17.7. The summed E-state index contributed by atoms with van der Waals surface area (Å²) in [5, 5.41) is 0. The van der Waals surface area contributed by atoms with Crippen molar-refractivity contribution in [2.75, 3.05) is 0 Å². The number of hydrogen-bond donors (Lipinski definition) is 0. The van der Waals surface area contributed by atoms with E-state index in [1.807, 2.05) is 0 Å². The molecule has 2 heteroatoms. The van der Waals surface area contributed by atoms with Gasteiger partial charge in [0, 0.05) is 6.42 Å². The van der Waals surface area contributed by atoms with Gasteiger partial charge < -0.3 is 0 Å². The maximum absolute atomic E-state index is 2.51. The highest BCUT2D eigenvalue weighted by Gasteiger charge is 2.16. The van der Waals surface area contributed by atoms with Crippen molar-refractivity contribution in [3.63, 3.8) is 0 Å². The lowest BCUT2D eigenvalue weighted by atomic mass is 10.1. The monoisotopic (exact) mass is 341 g/mol. The molecule has 2 nitrogen and oxygen atoms in total. The Balaban J connectivity index is 1.89. The summed E-state index contributed by atoms with van der Waals surface area (Å²) >= 11 is 0. The van der Waals surface area contributed by atoms with Gasteiger partial charge in [-0.25, -0.2) is 9.13 Å². The smallest absolute Gasteiger partial charge is 0.234 e. The summed E-state index contributed by atoms with van der Waals surface area (Å²) in [4.78, 5) is 0. The summed E-state index contributed by atoms with van der Waals surface area (Å²) in [6.07, 6.45) is 17.6. The number of nitrogens with zero attached hydrogens (tertiary/aromatic N) is 2. The minimum absolute atomic E-state index is 1.14. The van der Waals surface area contributed by atoms with Crippen molar-refractivity contribution in [1.29, 1.82) is 0 Å². The molecule has 0 saturated carbocycles. The number of hydrogen-bond acceptors (Lipinski definition) is 0.